The van der Waals surface area contributed by atoms with Crippen LogP contribution in [0.15, 0.2) is 0 Å². The Morgan fingerprint density at radius 1 is 1.19 bits per heavy atom. The molecule has 0 unspecified atom stereocenters. The molecule has 0 aromatic heterocycles. The molecule has 0 radical (unpaired) electrons. The van der Waals surface area contributed by atoms with Gasteiger partial charge < -0.3 is 15.1 Å². The third kappa shape index (κ3) is 3.46. The van der Waals surface area contributed by atoms with Crippen molar-refractivity contribution in [3.8, 4) is 0 Å². The lowest BCUT2D eigenvalue weighted by atomic mass is 9.80. The number of hydrogen-bond acceptors (Lipinski definition) is 3. The maximum atomic E-state index is 12.3. The fraction of sp³-hybridized carbons (Fsp3) is 0.917. The number of nitrogens with zero attached hydrogens (tertiary/aromatic N) is 2. The van der Waals surface area contributed by atoms with Gasteiger partial charge in [0.1, 0.15) is 0 Å². The molecule has 94 valence electrons. The number of likely N-dealkylation sites (N-methyl/N-ethyl adjacent to an activating group) is 2. The van der Waals surface area contributed by atoms with E-state index >= 15 is 0 Å². The van der Waals surface area contributed by atoms with E-state index < -0.39 is 0 Å². The van der Waals surface area contributed by atoms with E-state index in [1.807, 2.05) is 26.0 Å². The van der Waals surface area contributed by atoms with Crippen molar-refractivity contribution in [1.29, 1.82) is 0 Å². The molecular weight excluding hydrogens is 202 g/mol. The van der Waals surface area contributed by atoms with Crippen molar-refractivity contribution in [1.82, 2.24) is 15.1 Å². The van der Waals surface area contributed by atoms with Crippen LogP contribution in [0.4, 0.5) is 0 Å². The monoisotopic (exact) mass is 227 g/mol. The Balaban J connectivity index is 2.48. The van der Waals surface area contributed by atoms with E-state index in [9.17, 15) is 4.79 Å². The SMILES string of the molecule is CN(C)CCN(C)C(=O)C1(C)CCNCC1. The summed E-state index contributed by atoms with van der Waals surface area (Å²) in [4.78, 5) is 16.3. The standard InChI is InChI=1S/C12H25N3O/c1-12(5-7-13-8-6-12)11(16)15(4)10-9-14(2)3/h13H,5-10H2,1-4H3. The maximum absolute atomic E-state index is 12.3. The van der Waals surface area contributed by atoms with Crippen molar-refractivity contribution < 1.29 is 4.79 Å². The zero-order chi connectivity index (χ0) is 12.2. The Kier molecular flexibility index (Phi) is 4.74. The summed E-state index contributed by atoms with van der Waals surface area (Å²) in [5.74, 6) is 0.302. The summed E-state index contributed by atoms with van der Waals surface area (Å²) in [6.07, 6.45) is 1.91. The Morgan fingerprint density at radius 3 is 2.25 bits per heavy atom. The van der Waals surface area contributed by atoms with Gasteiger partial charge in [0.25, 0.3) is 0 Å². The van der Waals surface area contributed by atoms with E-state index in [0.717, 1.165) is 39.0 Å². The van der Waals surface area contributed by atoms with Gasteiger partial charge in [-0.3, -0.25) is 4.79 Å². The average Bonchev–Trinajstić information content (AvgIpc) is 2.25. The van der Waals surface area contributed by atoms with E-state index in [2.05, 4.69) is 17.1 Å². The predicted octanol–water partition coefficient (Wildman–Crippen LogP) is 0.396. The van der Waals surface area contributed by atoms with Crippen LogP contribution in [0.1, 0.15) is 19.8 Å². The molecule has 0 bridgehead atoms. The van der Waals surface area contributed by atoms with Crippen molar-refractivity contribution >= 4 is 5.91 Å². The lowest BCUT2D eigenvalue weighted by Crippen LogP contribution is -2.47. The number of piperidine rings is 1. The fourth-order valence-electron chi connectivity index (χ4n) is 2.10. The van der Waals surface area contributed by atoms with Crippen LogP contribution in [0.5, 0.6) is 0 Å². The summed E-state index contributed by atoms with van der Waals surface area (Å²) >= 11 is 0. The molecule has 16 heavy (non-hydrogen) atoms. The van der Waals surface area contributed by atoms with Gasteiger partial charge in [0, 0.05) is 25.6 Å². The zero-order valence-corrected chi connectivity index (χ0v) is 11.0. The summed E-state index contributed by atoms with van der Waals surface area (Å²) in [6.45, 7) is 5.77. The quantitative estimate of drug-likeness (QED) is 0.755. The summed E-state index contributed by atoms with van der Waals surface area (Å²) in [5.41, 5.74) is -0.147. The molecule has 0 aromatic rings. The van der Waals surface area contributed by atoms with Gasteiger partial charge in [-0.25, -0.2) is 0 Å². The van der Waals surface area contributed by atoms with Crippen molar-refractivity contribution in [2.75, 3.05) is 47.3 Å². The van der Waals surface area contributed by atoms with Crippen LogP contribution in [0.2, 0.25) is 0 Å². The van der Waals surface area contributed by atoms with Crippen molar-refractivity contribution in [2.24, 2.45) is 5.41 Å². The first kappa shape index (κ1) is 13.5. The molecule has 0 aliphatic carbocycles. The molecule has 1 aliphatic heterocycles. The molecule has 0 spiro atoms. The number of rotatable bonds is 4. The van der Waals surface area contributed by atoms with Gasteiger partial charge >= 0.3 is 0 Å². The van der Waals surface area contributed by atoms with Gasteiger partial charge in [-0.15, -0.1) is 0 Å². The first-order chi connectivity index (χ1) is 7.46. The van der Waals surface area contributed by atoms with Gasteiger partial charge in [-0.1, -0.05) is 6.92 Å². The summed E-state index contributed by atoms with van der Waals surface area (Å²) in [7, 11) is 5.98. The largest absolute Gasteiger partial charge is 0.344 e. The fourth-order valence-corrected chi connectivity index (χ4v) is 2.10. The molecule has 1 fully saturated rings. The highest BCUT2D eigenvalue weighted by atomic mass is 16.2. The van der Waals surface area contributed by atoms with E-state index in [-0.39, 0.29) is 5.41 Å². The number of hydrogen-bond donors (Lipinski definition) is 1. The Bertz CT molecular complexity index is 234. The van der Waals surface area contributed by atoms with Gasteiger partial charge in [-0.2, -0.15) is 0 Å². The van der Waals surface area contributed by atoms with Crippen LogP contribution in [0.25, 0.3) is 0 Å². The Hall–Kier alpha value is -0.610. The normalized spacial score (nSPS) is 19.8. The first-order valence-corrected chi connectivity index (χ1v) is 6.07. The van der Waals surface area contributed by atoms with Crippen LogP contribution in [0.3, 0.4) is 0 Å². The second-order valence-electron chi connectivity index (χ2n) is 5.34. The first-order valence-electron chi connectivity index (χ1n) is 6.07. The van der Waals surface area contributed by atoms with Crippen LogP contribution in [-0.2, 0) is 4.79 Å². The minimum atomic E-state index is -0.147. The molecule has 0 atom stereocenters. The summed E-state index contributed by atoms with van der Waals surface area (Å²) < 4.78 is 0. The van der Waals surface area contributed by atoms with E-state index in [1.54, 1.807) is 0 Å². The smallest absolute Gasteiger partial charge is 0.228 e. The Labute approximate surface area is 99.0 Å². The van der Waals surface area contributed by atoms with Crippen LogP contribution < -0.4 is 5.32 Å². The predicted molar refractivity (Wildman–Crippen MR) is 66.4 cm³/mol. The highest BCUT2D eigenvalue weighted by Gasteiger charge is 2.36. The van der Waals surface area contributed by atoms with Crippen LogP contribution >= 0.6 is 0 Å². The van der Waals surface area contributed by atoms with E-state index in [0.29, 0.717) is 5.91 Å². The number of carbonyl (C=O) groups excluding carboxylic acids is 1. The highest BCUT2D eigenvalue weighted by Crippen LogP contribution is 2.29. The molecule has 1 rings (SSSR count). The second-order valence-corrected chi connectivity index (χ2v) is 5.34. The molecular formula is C12H25N3O. The minimum absolute atomic E-state index is 0.147. The molecule has 0 aromatic carbocycles. The molecule has 1 N–H and O–H groups in total. The molecule has 1 amide bonds. The number of carbonyl (C=O) groups is 1. The Morgan fingerprint density at radius 2 is 1.75 bits per heavy atom. The lowest BCUT2D eigenvalue weighted by molar-refractivity contribution is -0.141. The van der Waals surface area contributed by atoms with Crippen LogP contribution in [-0.4, -0.2) is 63.0 Å². The lowest BCUT2D eigenvalue weighted by Gasteiger charge is -2.36. The van der Waals surface area contributed by atoms with Gasteiger partial charge in [0.15, 0.2) is 0 Å². The van der Waals surface area contributed by atoms with Gasteiger partial charge in [-0.05, 0) is 40.0 Å². The minimum Gasteiger partial charge on any atom is -0.344 e. The molecule has 1 saturated heterocycles. The molecule has 4 nitrogen and oxygen atoms in total. The molecule has 1 aliphatic rings. The van der Waals surface area contributed by atoms with Crippen molar-refractivity contribution in [3.63, 3.8) is 0 Å². The van der Waals surface area contributed by atoms with Crippen molar-refractivity contribution in [2.45, 2.75) is 19.8 Å². The molecule has 0 saturated carbocycles. The summed E-state index contributed by atoms with van der Waals surface area (Å²) in [6, 6.07) is 0. The average molecular weight is 227 g/mol. The zero-order valence-electron chi connectivity index (χ0n) is 11.0. The topological polar surface area (TPSA) is 35.6 Å². The van der Waals surface area contributed by atoms with Crippen molar-refractivity contribution in [3.05, 3.63) is 0 Å². The van der Waals surface area contributed by atoms with E-state index in [1.165, 1.54) is 0 Å². The number of nitrogens with one attached hydrogen (secondary N) is 1. The van der Waals surface area contributed by atoms with Gasteiger partial charge in [0.05, 0.1) is 0 Å². The third-order valence-electron chi connectivity index (χ3n) is 3.45. The summed E-state index contributed by atoms with van der Waals surface area (Å²) in [5, 5.41) is 3.30. The highest BCUT2D eigenvalue weighted by molar-refractivity contribution is 5.82. The second kappa shape index (κ2) is 5.64. The molecule has 1 heterocycles. The van der Waals surface area contributed by atoms with E-state index in [4.69, 9.17) is 0 Å². The van der Waals surface area contributed by atoms with Crippen LogP contribution in [0, 0.1) is 5.41 Å². The molecule has 4 heteroatoms. The maximum Gasteiger partial charge on any atom is 0.228 e. The van der Waals surface area contributed by atoms with Gasteiger partial charge in [0.2, 0.25) is 5.91 Å². The third-order valence-corrected chi connectivity index (χ3v) is 3.45. The number of amides is 1.